The van der Waals surface area contributed by atoms with Gasteiger partial charge in [-0.25, -0.2) is 18.1 Å². The van der Waals surface area contributed by atoms with Crippen molar-refractivity contribution in [3.63, 3.8) is 0 Å². The molecule has 4 aromatic rings. The van der Waals surface area contributed by atoms with Crippen molar-refractivity contribution in [1.82, 2.24) is 14.7 Å². The number of hydrogen-bond acceptors (Lipinski definition) is 7. The van der Waals surface area contributed by atoms with Crippen LogP contribution in [0.2, 0.25) is 13.7 Å². The lowest BCUT2D eigenvalue weighted by Crippen LogP contribution is -2.32. The van der Waals surface area contributed by atoms with Crippen molar-refractivity contribution < 1.29 is 8.42 Å². The summed E-state index contributed by atoms with van der Waals surface area (Å²) in [7, 11) is -3.67. The predicted octanol–water partition coefficient (Wildman–Crippen LogP) is 7.59. The Bertz CT molecular complexity index is 1520. The zero-order chi connectivity index (χ0) is 26.7. The monoisotopic (exact) mass is 609 g/mol. The van der Waals surface area contributed by atoms with Gasteiger partial charge in [0, 0.05) is 29.2 Å². The molecule has 0 radical (unpaired) electrons. The van der Waals surface area contributed by atoms with Gasteiger partial charge in [-0.2, -0.15) is 4.98 Å². The third-order valence-electron chi connectivity index (χ3n) is 6.70. The number of fused-ring (bicyclic) bond motifs is 1. The summed E-state index contributed by atoms with van der Waals surface area (Å²) in [5, 5.41) is 8.41. The average molecular weight is 611 g/mol. The molecule has 0 spiro atoms. The second-order valence-corrected chi connectivity index (χ2v) is 13.8. The number of nitrogens with one attached hydrogen (secondary N) is 3. The van der Waals surface area contributed by atoms with E-state index in [0.29, 0.717) is 27.8 Å². The Kier molecular flexibility index (Phi) is 8.62. The molecule has 0 aliphatic heterocycles. The van der Waals surface area contributed by atoms with Crippen molar-refractivity contribution in [3.8, 4) is 0 Å². The minimum absolute atomic E-state index is 0.0485. The summed E-state index contributed by atoms with van der Waals surface area (Å²) < 4.78 is 28.4. The first-order valence-electron chi connectivity index (χ1n) is 12.2. The molecule has 3 N–H and O–H groups in total. The molecule has 0 unspecified atom stereocenters. The van der Waals surface area contributed by atoms with E-state index in [1.807, 2.05) is 48.5 Å². The van der Waals surface area contributed by atoms with Gasteiger partial charge < -0.3 is 10.6 Å². The normalized spacial score (nSPS) is 18.0. The minimum atomic E-state index is -3.67. The number of benzene rings is 2. The first-order valence-corrected chi connectivity index (χ1v) is 15.7. The Labute approximate surface area is 241 Å². The quantitative estimate of drug-likeness (QED) is 0.181. The molecule has 7 nitrogen and oxygen atoms in total. The molecule has 2 aromatic carbocycles. The third-order valence-corrected chi connectivity index (χ3v) is 10.1. The molecule has 0 saturated heterocycles. The molecule has 2 aromatic heterocycles. The van der Waals surface area contributed by atoms with E-state index in [4.69, 9.17) is 44.8 Å². The maximum absolute atomic E-state index is 12.6. The summed E-state index contributed by atoms with van der Waals surface area (Å²) in [5.74, 6) is 2.03. The summed E-state index contributed by atoms with van der Waals surface area (Å²) in [6.07, 6.45) is 3.87. The SMILES string of the molecule is O=S(=O)(NC[C@H]1CC[C@H](CNc2nc(Nc3ccc(Cl)cc3)c3ccccc3n2)CC1)c1cc(Cl)sc1Cl. The van der Waals surface area contributed by atoms with Gasteiger partial charge in [0.2, 0.25) is 16.0 Å². The molecule has 12 heteroatoms. The number of anilines is 3. The number of thiophene rings is 1. The van der Waals surface area contributed by atoms with Crippen LogP contribution in [0.15, 0.2) is 59.5 Å². The van der Waals surface area contributed by atoms with Gasteiger partial charge in [-0.3, -0.25) is 0 Å². The van der Waals surface area contributed by atoms with Gasteiger partial charge >= 0.3 is 0 Å². The summed E-state index contributed by atoms with van der Waals surface area (Å²) >= 11 is 19.0. The smallest absolute Gasteiger partial charge is 0.242 e. The molecule has 1 aliphatic rings. The van der Waals surface area contributed by atoms with Crippen molar-refractivity contribution >= 4 is 84.5 Å². The molecule has 0 bridgehead atoms. The number of para-hydroxylation sites is 1. The van der Waals surface area contributed by atoms with Crippen LogP contribution in [0.1, 0.15) is 25.7 Å². The van der Waals surface area contributed by atoms with Crippen molar-refractivity contribution in [1.29, 1.82) is 0 Å². The standard InChI is InChI=1S/C26H26Cl3N5O2S2/c27-18-9-11-19(12-10-18)32-25-20-3-1-2-4-21(20)33-26(34-25)30-14-16-5-7-17(8-6-16)15-31-38(35,36)22-13-23(28)37-24(22)29/h1-4,9-13,16-17,31H,5-8,14-15H2,(H2,30,32,33,34)/t16-,17-. The van der Waals surface area contributed by atoms with Crippen LogP contribution in [-0.2, 0) is 10.0 Å². The van der Waals surface area contributed by atoms with Crippen LogP contribution in [0.25, 0.3) is 10.9 Å². The summed E-state index contributed by atoms with van der Waals surface area (Å²) in [6.45, 7) is 1.14. The van der Waals surface area contributed by atoms with E-state index in [0.717, 1.165) is 66.0 Å². The van der Waals surface area contributed by atoms with E-state index in [1.165, 1.54) is 6.07 Å². The topological polar surface area (TPSA) is 96.0 Å². The van der Waals surface area contributed by atoms with Crippen LogP contribution >= 0.6 is 46.1 Å². The van der Waals surface area contributed by atoms with Gasteiger partial charge in [0.05, 0.1) is 9.85 Å². The zero-order valence-electron chi connectivity index (χ0n) is 20.3. The molecule has 1 fully saturated rings. The maximum Gasteiger partial charge on any atom is 0.242 e. The van der Waals surface area contributed by atoms with Crippen molar-refractivity contribution in [2.75, 3.05) is 23.7 Å². The van der Waals surface area contributed by atoms with Crippen molar-refractivity contribution in [3.05, 3.63) is 68.3 Å². The highest BCUT2D eigenvalue weighted by molar-refractivity contribution is 7.89. The predicted molar refractivity (Wildman–Crippen MR) is 158 cm³/mol. The lowest BCUT2D eigenvalue weighted by Gasteiger charge is -2.28. The van der Waals surface area contributed by atoms with Crippen LogP contribution in [0.4, 0.5) is 17.5 Å². The van der Waals surface area contributed by atoms with Gasteiger partial charge in [-0.05, 0) is 80.0 Å². The molecular weight excluding hydrogens is 585 g/mol. The fraction of sp³-hybridized carbons (Fsp3) is 0.308. The number of halogens is 3. The minimum Gasteiger partial charge on any atom is -0.354 e. The first-order chi connectivity index (χ1) is 18.3. The van der Waals surface area contributed by atoms with Gasteiger partial charge in [0.15, 0.2) is 0 Å². The summed E-state index contributed by atoms with van der Waals surface area (Å²) in [4.78, 5) is 9.50. The first kappa shape index (κ1) is 27.4. The van der Waals surface area contributed by atoms with Gasteiger partial charge in [0.25, 0.3) is 0 Å². The lowest BCUT2D eigenvalue weighted by molar-refractivity contribution is 0.284. The molecule has 1 aliphatic carbocycles. The van der Waals surface area contributed by atoms with Gasteiger partial charge in [-0.15, -0.1) is 11.3 Å². The molecule has 5 rings (SSSR count). The molecular formula is C26H26Cl3N5O2S2. The Balaban J connectivity index is 1.16. The van der Waals surface area contributed by atoms with E-state index in [-0.39, 0.29) is 15.1 Å². The fourth-order valence-electron chi connectivity index (χ4n) is 4.61. The highest BCUT2D eigenvalue weighted by Crippen LogP contribution is 2.35. The van der Waals surface area contributed by atoms with Gasteiger partial charge in [-0.1, -0.05) is 46.9 Å². The number of aromatic nitrogens is 2. The van der Waals surface area contributed by atoms with Crippen molar-refractivity contribution in [2.24, 2.45) is 11.8 Å². The molecule has 1 saturated carbocycles. The molecule has 0 amide bonds. The Morgan fingerprint density at radius 2 is 1.58 bits per heavy atom. The molecule has 2 heterocycles. The van der Waals surface area contributed by atoms with E-state index < -0.39 is 10.0 Å². The fourth-order valence-corrected chi connectivity index (χ4v) is 8.00. The molecule has 38 heavy (non-hydrogen) atoms. The lowest BCUT2D eigenvalue weighted by atomic mass is 9.82. The average Bonchev–Trinajstić information content (AvgIpc) is 3.27. The number of nitrogens with zero attached hydrogens (tertiary/aromatic N) is 2. The molecule has 200 valence electrons. The zero-order valence-corrected chi connectivity index (χ0v) is 24.2. The number of hydrogen-bond donors (Lipinski definition) is 3. The van der Waals surface area contributed by atoms with Crippen LogP contribution < -0.4 is 15.4 Å². The van der Waals surface area contributed by atoms with Crippen LogP contribution in [0.5, 0.6) is 0 Å². The number of sulfonamides is 1. The van der Waals surface area contributed by atoms with E-state index in [2.05, 4.69) is 15.4 Å². The summed E-state index contributed by atoms with van der Waals surface area (Å²) in [6, 6.07) is 16.8. The van der Waals surface area contributed by atoms with Crippen molar-refractivity contribution in [2.45, 2.75) is 30.6 Å². The number of rotatable bonds is 9. The molecule has 0 atom stereocenters. The highest BCUT2D eigenvalue weighted by Gasteiger charge is 2.25. The van der Waals surface area contributed by atoms with Crippen LogP contribution in [-0.4, -0.2) is 31.5 Å². The van der Waals surface area contributed by atoms with Crippen LogP contribution in [0, 0.1) is 11.8 Å². The Morgan fingerprint density at radius 1 is 0.895 bits per heavy atom. The maximum atomic E-state index is 12.6. The van der Waals surface area contributed by atoms with E-state index in [9.17, 15) is 8.42 Å². The Morgan fingerprint density at radius 3 is 2.26 bits per heavy atom. The summed E-state index contributed by atoms with van der Waals surface area (Å²) in [5.41, 5.74) is 1.74. The van der Waals surface area contributed by atoms with Crippen LogP contribution in [0.3, 0.4) is 0 Å². The Hall–Kier alpha value is -2.14. The largest absolute Gasteiger partial charge is 0.354 e. The van der Waals surface area contributed by atoms with E-state index in [1.54, 1.807) is 0 Å². The second-order valence-electron chi connectivity index (χ2n) is 9.35. The van der Waals surface area contributed by atoms with Gasteiger partial charge in [0.1, 0.15) is 15.0 Å². The third kappa shape index (κ3) is 6.70. The van der Waals surface area contributed by atoms with E-state index >= 15 is 0 Å². The highest BCUT2D eigenvalue weighted by atomic mass is 35.5. The second kappa shape index (κ2) is 11.9.